The molecule has 27 heavy (non-hydrogen) atoms. The first-order chi connectivity index (χ1) is 13.0. The van der Waals surface area contributed by atoms with Crippen molar-refractivity contribution < 1.29 is 13.9 Å². The van der Waals surface area contributed by atoms with Crippen LogP contribution in [0.4, 0.5) is 16.2 Å². The number of nitrogens with two attached hydrogens (primary N) is 2. The molecule has 0 aliphatic rings. The van der Waals surface area contributed by atoms with Crippen LogP contribution in [0.25, 0.3) is 0 Å². The molecule has 1 aromatic carbocycles. The molecule has 0 unspecified atom stereocenters. The Morgan fingerprint density at radius 3 is 2.59 bits per heavy atom. The molecule has 2 heterocycles. The molecule has 0 spiro atoms. The normalized spacial score (nSPS) is 10.6. The van der Waals surface area contributed by atoms with Crippen LogP contribution in [0.15, 0.2) is 36.7 Å². The summed E-state index contributed by atoms with van der Waals surface area (Å²) in [6, 6.07) is 6.74. The van der Waals surface area contributed by atoms with Crippen LogP contribution >= 0.6 is 11.6 Å². The summed E-state index contributed by atoms with van der Waals surface area (Å²) in [6.45, 7) is 0.121. The fourth-order valence-corrected chi connectivity index (χ4v) is 2.54. The number of nitrogen functional groups attached to an aromatic ring is 2. The van der Waals surface area contributed by atoms with Crippen LogP contribution in [0.5, 0.6) is 11.5 Å². The number of aromatic nitrogens is 3. The first kappa shape index (κ1) is 18.7. The van der Waals surface area contributed by atoms with E-state index in [0.29, 0.717) is 29.3 Å². The Hall–Kier alpha value is -3.13. The number of hydrogen-bond acceptors (Lipinski definition) is 7. The lowest BCUT2D eigenvalue weighted by atomic mass is 10.1. The lowest BCUT2D eigenvalue weighted by molar-refractivity contribution is 0.283. The first-order valence-corrected chi connectivity index (χ1v) is 8.30. The second-order valence-corrected chi connectivity index (χ2v) is 6.06. The zero-order chi connectivity index (χ0) is 19.4. The number of methoxy groups -OCH3 is 1. The van der Waals surface area contributed by atoms with E-state index in [1.807, 2.05) is 12.1 Å². The third-order valence-electron chi connectivity index (χ3n) is 3.79. The van der Waals surface area contributed by atoms with Gasteiger partial charge in [-0.25, -0.2) is 14.4 Å². The van der Waals surface area contributed by atoms with Gasteiger partial charge in [0, 0.05) is 29.9 Å². The highest BCUT2D eigenvalue weighted by Crippen LogP contribution is 2.30. The van der Waals surface area contributed by atoms with Gasteiger partial charge in [-0.05, 0) is 23.8 Å². The Labute approximate surface area is 160 Å². The number of halogens is 2. The molecule has 0 atom stereocenters. The Morgan fingerprint density at radius 1 is 1.07 bits per heavy atom. The van der Waals surface area contributed by atoms with Gasteiger partial charge in [0.15, 0.2) is 22.5 Å². The van der Waals surface area contributed by atoms with E-state index in [1.54, 1.807) is 12.3 Å². The second-order valence-electron chi connectivity index (χ2n) is 5.71. The molecule has 3 aromatic rings. The number of pyridine rings is 1. The quantitative estimate of drug-likeness (QED) is 0.623. The van der Waals surface area contributed by atoms with Crippen molar-refractivity contribution in [3.05, 3.63) is 64.3 Å². The van der Waals surface area contributed by atoms with E-state index in [0.717, 1.165) is 11.1 Å². The number of nitrogens with zero attached hydrogens (tertiary/aromatic N) is 3. The zero-order valence-electron chi connectivity index (χ0n) is 14.4. The fourth-order valence-electron chi connectivity index (χ4n) is 2.43. The van der Waals surface area contributed by atoms with E-state index < -0.39 is 5.82 Å². The predicted molar refractivity (Wildman–Crippen MR) is 100 cm³/mol. The predicted octanol–water partition coefficient (Wildman–Crippen LogP) is 3.01. The van der Waals surface area contributed by atoms with Crippen molar-refractivity contribution in [3.63, 3.8) is 0 Å². The molecule has 0 bridgehead atoms. The van der Waals surface area contributed by atoms with Crippen molar-refractivity contribution in [1.82, 2.24) is 15.0 Å². The number of ether oxygens (including phenoxy) is 2. The van der Waals surface area contributed by atoms with Crippen LogP contribution < -0.4 is 20.9 Å². The van der Waals surface area contributed by atoms with E-state index in [-0.39, 0.29) is 17.7 Å². The van der Waals surface area contributed by atoms with Gasteiger partial charge in [-0.1, -0.05) is 17.7 Å². The average Bonchev–Trinajstić information content (AvgIpc) is 2.65. The molecule has 0 aliphatic heterocycles. The molecule has 0 aliphatic carbocycles. The molecule has 0 fully saturated rings. The van der Waals surface area contributed by atoms with Crippen molar-refractivity contribution >= 4 is 23.4 Å². The molecule has 140 valence electrons. The maximum atomic E-state index is 13.5. The van der Waals surface area contributed by atoms with Gasteiger partial charge in [-0.15, -0.1) is 0 Å². The van der Waals surface area contributed by atoms with Gasteiger partial charge in [-0.2, -0.15) is 4.98 Å². The zero-order valence-corrected chi connectivity index (χ0v) is 15.2. The van der Waals surface area contributed by atoms with Crippen molar-refractivity contribution in [2.24, 2.45) is 0 Å². The van der Waals surface area contributed by atoms with Gasteiger partial charge in [0.2, 0.25) is 5.95 Å². The van der Waals surface area contributed by atoms with Crippen LogP contribution in [0.2, 0.25) is 5.15 Å². The monoisotopic (exact) mass is 389 g/mol. The van der Waals surface area contributed by atoms with Crippen molar-refractivity contribution in [3.8, 4) is 11.5 Å². The summed E-state index contributed by atoms with van der Waals surface area (Å²) < 4.78 is 24.6. The summed E-state index contributed by atoms with van der Waals surface area (Å²) in [7, 11) is 1.54. The third-order valence-corrected chi connectivity index (χ3v) is 4.06. The van der Waals surface area contributed by atoms with Gasteiger partial charge >= 0.3 is 0 Å². The number of hydrogen-bond donors (Lipinski definition) is 2. The van der Waals surface area contributed by atoms with Crippen LogP contribution in [-0.4, -0.2) is 22.1 Å². The van der Waals surface area contributed by atoms with Crippen LogP contribution in [0.3, 0.4) is 0 Å². The van der Waals surface area contributed by atoms with Gasteiger partial charge < -0.3 is 20.9 Å². The summed E-state index contributed by atoms with van der Waals surface area (Å²) in [5, 5.41) is -0.174. The highest BCUT2D eigenvalue weighted by molar-refractivity contribution is 6.29. The summed E-state index contributed by atoms with van der Waals surface area (Å²) in [5.41, 5.74) is 13.6. The minimum atomic E-state index is -0.594. The smallest absolute Gasteiger partial charge is 0.221 e. The second kappa shape index (κ2) is 8.05. The molecule has 0 saturated carbocycles. The first-order valence-electron chi connectivity index (χ1n) is 7.92. The SMILES string of the molecule is COc1cc(Cc2cnc(N)nc2N)ccc1OCc1cnc(Cl)c(F)c1. The van der Waals surface area contributed by atoms with E-state index in [2.05, 4.69) is 15.0 Å². The van der Waals surface area contributed by atoms with Gasteiger partial charge in [0.1, 0.15) is 12.4 Å². The Kier molecular flexibility index (Phi) is 5.56. The maximum Gasteiger partial charge on any atom is 0.221 e. The minimum Gasteiger partial charge on any atom is -0.493 e. The molecule has 3 rings (SSSR count). The molecule has 9 heteroatoms. The number of rotatable bonds is 6. The molecular formula is C18H17ClFN5O2. The third kappa shape index (κ3) is 4.53. The van der Waals surface area contributed by atoms with Crippen molar-refractivity contribution in [2.45, 2.75) is 13.0 Å². The van der Waals surface area contributed by atoms with Gasteiger partial charge in [0.25, 0.3) is 0 Å². The maximum absolute atomic E-state index is 13.5. The molecular weight excluding hydrogens is 373 g/mol. The fraction of sp³-hybridized carbons (Fsp3) is 0.167. The molecule has 0 radical (unpaired) electrons. The molecule has 4 N–H and O–H groups in total. The molecule has 2 aromatic heterocycles. The van der Waals surface area contributed by atoms with Crippen LogP contribution in [-0.2, 0) is 13.0 Å². The summed E-state index contributed by atoms with van der Waals surface area (Å²) >= 11 is 5.58. The Bertz CT molecular complexity index is 970. The van der Waals surface area contributed by atoms with Gasteiger partial charge in [0.05, 0.1) is 7.11 Å². The summed E-state index contributed by atoms with van der Waals surface area (Å²) in [6.07, 6.45) is 3.56. The minimum absolute atomic E-state index is 0.121. The topological polar surface area (TPSA) is 109 Å². The standard InChI is InChI=1S/C18H17ClFN5O2/c1-26-15-6-10(4-12-8-24-18(22)25-17(12)21)2-3-14(15)27-9-11-5-13(20)16(19)23-7-11/h2-3,5-8H,4,9H2,1H3,(H4,21,22,24,25). The molecule has 0 amide bonds. The van der Waals surface area contributed by atoms with Crippen molar-refractivity contribution in [1.29, 1.82) is 0 Å². The highest BCUT2D eigenvalue weighted by Gasteiger charge is 2.10. The van der Waals surface area contributed by atoms with E-state index in [1.165, 1.54) is 19.4 Å². The Morgan fingerprint density at radius 2 is 1.89 bits per heavy atom. The van der Waals surface area contributed by atoms with Crippen LogP contribution in [0.1, 0.15) is 16.7 Å². The average molecular weight is 390 g/mol. The summed E-state index contributed by atoms with van der Waals surface area (Å²) in [4.78, 5) is 11.7. The van der Waals surface area contributed by atoms with Gasteiger partial charge in [-0.3, -0.25) is 0 Å². The van der Waals surface area contributed by atoms with Crippen LogP contribution in [0, 0.1) is 5.82 Å². The largest absolute Gasteiger partial charge is 0.493 e. The number of benzene rings is 1. The van der Waals surface area contributed by atoms with E-state index in [4.69, 9.17) is 32.5 Å². The van der Waals surface area contributed by atoms with E-state index >= 15 is 0 Å². The lowest BCUT2D eigenvalue weighted by Gasteiger charge is -2.13. The van der Waals surface area contributed by atoms with E-state index in [9.17, 15) is 4.39 Å². The molecule has 7 nitrogen and oxygen atoms in total. The van der Waals surface area contributed by atoms with Crippen molar-refractivity contribution in [2.75, 3.05) is 18.6 Å². The highest BCUT2D eigenvalue weighted by atomic mass is 35.5. The number of anilines is 2. The molecule has 0 saturated heterocycles. The summed E-state index contributed by atoms with van der Waals surface area (Å²) in [5.74, 6) is 0.913. The Balaban J connectivity index is 1.74. The lowest BCUT2D eigenvalue weighted by Crippen LogP contribution is -2.04.